The standard InChI is InChI=1S/C10H18O3/c1-10(2)7(8(10)6-11)5-9(12-3)13-4/h6-9H,5H2,1-4H3. The van der Waals surface area contributed by atoms with E-state index in [1.54, 1.807) is 14.2 Å². The summed E-state index contributed by atoms with van der Waals surface area (Å²) < 4.78 is 10.2. The maximum absolute atomic E-state index is 10.7. The molecule has 2 atom stereocenters. The van der Waals surface area contributed by atoms with Gasteiger partial charge in [-0.1, -0.05) is 13.8 Å². The van der Waals surface area contributed by atoms with Crippen molar-refractivity contribution in [1.29, 1.82) is 0 Å². The van der Waals surface area contributed by atoms with Gasteiger partial charge in [0.05, 0.1) is 0 Å². The van der Waals surface area contributed by atoms with E-state index < -0.39 is 0 Å². The molecule has 3 nitrogen and oxygen atoms in total. The van der Waals surface area contributed by atoms with Crippen LogP contribution in [0.15, 0.2) is 0 Å². The van der Waals surface area contributed by atoms with Gasteiger partial charge in [-0.2, -0.15) is 0 Å². The Morgan fingerprint density at radius 1 is 1.38 bits per heavy atom. The zero-order chi connectivity index (χ0) is 10.1. The van der Waals surface area contributed by atoms with E-state index in [0.29, 0.717) is 5.92 Å². The van der Waals surface area contributed by atoms with Gasteiger partial charge in [0.25, 0.3) is 0 Å². The molecule has 0 N–H and O–H groups in total. The normalized spacial score (nSPS) is 30.5. The Kier molecular flexibility index (Phi) is 3.09. The predicted octanol–water partition coefficient (Wildman–Crippen LogP) is 1.47. The molecule has 1 saturated carbocycles. The molecule has 76 valence electrons. The molecule has 2 unspecified atom stereocenters. The van der Waals surface area contributed by atoms with E-state index in [4.69, 9.17) is 9.47 Å². The lowest BCUT2D eigenvalue weighted by atomic mass is 10.1. The van der Waals surface area contributed by atoms with E-state index in [0.717, 1.165) is 12.7 Å². The summed E-state index contributed by atoms with van der Waals surface area (Å²) in [5, 5.41) is 0. The summed E-state index contributed by atoms with van der Waals surface area (Å²) in [5.41, 5.74) is 0.136. The summed E-state index contributed by atoms with van der Waals surface area (Å²) in [6, 6.07) is 0. The molecule has 1 fully saturated rings. The molecule has 1 aliphatic carbocycles. The van der Waals surface area contributed by atoms with Crippen molar-refractivity contribution in [3.05, 3.63) is 0 Å². The minimum atomic E-state index is -0.172. The van der Waals surface area contributed by atoms with Gasteiger partial charge in [0.1, 0.15) is 6.29 Å². The van der Waals surface area contributed by atoms with Crippen LogP contribution in [0.5, 0.6) is 0 Å². The molecule has 0 spiro atoms. The van der Waals surface area contributed by atoms with E-state index in [1.807, 2.05) is 0 Å². The molecule has 0 aromatic heterocycles. The molecule has 0 aromatic rings. The summed E-state index contributed by atoms with van der Waals surface area (Å²) in [7, 11) is 3.25. The summed E-state index contributed by atoms with van der Waals surface area (Å²) in [6.45, 7) is 4.22. The van der Waals surface area contributed by atoms with Crippen LogP contribution < -0.4 is 0 Å². The first-order valence-corrected chi connectivity index (χ1v) is 4.58. The first-order chi connectivity index (χ1) is 6.07. The maximum atomic E-state index is 10.7. The summed E-state index contributed by atoms with van der Waals surface area (Å²) >= 11 is 0. The van der Waals surface area contributed by atoms with Gasteiger partial charge in [-0.3, -0.25) is 0 Å². The number of ether oxygens (including phenoxy) is 2. The molecular weight excluding hydrogens is 168 g/mol. The Hall–Kier alpha value is -0.410. The van der Waals surface area contributed by atoms with Crippen LogP contribution >= 0.6 is 0 Å². The van der Waals surface area contributed by atoms with E-state index >= 15 is 0 Å². The summed E-state index contributed by atoms with van der Waals surface area (Å²) in [6.07, 6.45) is 1.69. The second-order valence-electron chi connectivity index (χ2n) is 4.23. The largest absolute Gasteiger partial charge is 0.356 e. The molecular formula is C10H18O3. The van der Waals surface area contributed by atoms with Crippen molar-refractivity contribution < 1.29 is 14.3 Å². The van der Waals surface area contributed by atoms with Crippen molar-refractivity contribution in [2.45, 2.75) is 26.6 Å². The number of hydrogen-bond donors (Lipinski definition) is 0. The molecule has 1 aliphatic rings. The van der Waals surface area contributed by atoms with Crippen molar-refractivity contribution >= 4 is 6.29 Å². The van der Waals surface area contributed by atoms with Crippen LogP contribution in [-0.4, -0.2) is 26.8 Å². The van der Waals surface area contributed by atoms with Gasteiger partial charge in [0.15, 0.2) is 6.29 Å². The van der Waals surface area contributed by atoms with Gasteiger partial charge in [0.2, 0.25) is 0 Å². The van der Waals surface area contributed by atoms with Gasteiger partial charge in [-0.25, -0.2) is 0 Å². The third-order valence-corrected chi connectivity index (χ3v) is 3.26. The molecule has 13 heavy (non-hydrogen) atoms. The lowest BCUT2D eigenvalue weighted by molar-refractivity contribution is -0.113. The predicted molar refractivity (Wildman–Crippen MR) is 49.2 cm³/mol. The lowest BCUT2D eigenvalue weighted by Gasteiger charge is -2.13. The molecule has 0 amide bonds. The minimum absolute atomic E-state index is 0.136. The van der Waals surface area contributed by atoms with Crippen molar-refractivity contribution in [3.63, 3.8) is 0 Å². The van der Waals surface area contributed by atoms with Crippen LogP contribution in [0, 0.1) is 17.3 Å². The molecule has 3 heteroatoms. The topological polar surface area (TPSA) is 35.5 Å². The van der Waals surface area contributed by atoms with Crippen molar-refractivity contribution in [1.82, 2.24) is 0 Å². The van der Waals surface area contributed by atoms with E-state index in [-0.39, 0.29) is 17.6 Å². The molecule has 0 saturated heterocycles. The first-order valence-electron chi connectivity index (χ1n) is 4.58. The fourth-order valence-electron chi connectivity index (χ4n) is 2.00. The second kappa shape index (κ2) is 3.76. The van der Waals surface area contributed by atoms with Gasteiger partial charge >= 0.3 is 0 Å². The number of carbonyl (C=O) groups is 1. The Balaban J connectivity index is 2.43. The molecule has 0 radical (unpaired) electrons. The van der Waals surface area contributed by atoms with Crippen molar-refractivity contribution in [2.24, 2.45) is 17.3 Å². The van der Waals surface area contributed by atoms with Gasteiger partial charge in [-0.05, 0) is 11.3 Å². The highest BCUT2D eigenvalue weighted by Crippen LogP contribution is 2.59. The Morgan fingerprint density at radius 3 is 2.23 bits per heavy atom. The number of aldehydes is 1. The Morgan fingerprint density at radius 2 is 1.92 bits per heavy atom. The highest BCUT2D eigenvalue weighted by Gasteiger charge is 2.57. The van der Waals surface area contributed by atoms with Crippen LogP contribution in [0.3, 0.4) is 0 Å². The van der Waals surface area contributed by atoms with Crippen LogP contribution in [0.2, 0.25) is 0 Å². The lowest BCUT2D eigenvalue weighted by Crippen LogP contribution is -2.14. The maximum Gasteiger partial charge on any atom is 0.157 e. The quantitative estimate of drug-likeness (QED) is 0.482. The molecule has 0 bridgehead atoms. The fraction of sp³-hybridized carbons (Fsp3) is 0.900. The van der Waals surface area contributed by atoms with Crippen LogP contribution in [0.1, 0.15) is 20.3 Å². The van der Waals surface area contributed by atoms with Gasteiger partial charge in [-0.15, -0.1) is 0 Å². The molecule has 0 aromatic carbocycles. The highest BCUT2D eigenvalue weighted by molar-refractivity contribution is 5.61. The highest BCUT2D eigenvalue weighted by atomic mass is 16.7. The van der Waals surface area contributed by atoms with Crippen LogP contribution in [0.4, 0.5) is 0 Å². The zero-order valence-corrected chi connectivity index (χ0v) is 8.74. The molecule has 0 aliphatic heterocycles. The third kappa shape index (κ3) is 1.92. The summed E-state index contributed by atoms with van der Waals surface area (Å²) in [4.78, 5) is 10.7. The van der Waals surface area contributed by atoms with Crippen LogP contribution in [-0.2, 0) is 14.3 Å². The summed E-state index contributed by atoms with van der Waals surface area (Å²) in [5.74, 6) is 0.593. The second-order valence-corrected chi connectivity index (χ2v) is 4.23. The average Bonchev–Trinajstić information content (AvgIpc) is 2.63. The third-order valence-electron chi connectivity index (χ3n) is 3.26. The van der Waals surface area contributed by atoms with Crippen LogP contribution in [0.25, 0.3) is 0 Å². The molecule has 1 rings (SSSR count). The number of methoxy groups -OCH3 is 2. The smallest absolute Gasteiger partial charge is 0.157 e. The monoisotopic (exact) mass is 186 g/mol. The minimum Gasteiger partial charge on any atom is -0.356 e. The van der Waals surface area contributed by atoms with E-state index in [1.165, 1.54) is 0 Å². The molecule has 0 heterocycles. The average molecular weight is 186 g/mol. The fourth-order valence-corrected chi connectivity index (χ4v) is 2.00. The van der Waals surface area contributed by atoms with Crippen molar-refractivity contribution in [3.8, 4) is 0 Å². The Bertz CT molecular complexity index is 185. The number of carbonyl (C=O) groups excluding carboxylic acids is 1. The van der Waals surface area contributed by atoms with E-state index in [9.17, 15) is 4.79 Å². The van der Waals surface area contributed by atoms with E-state index in [2.05, 4.69) is 13.8 Å². The number of rotatable bonds is 5. The zero-order valence-electron chi connectivity index (χ0n) is 8.74. The SMILES string of the molecule is COC(CC1C(C=O)C1(C)C)OC. The Labute approximate surface area is 79.4 Å². The van der Waals surface area contributed by atoms with Crippen molar-refractivity contribution in [2.75, 3.05) is 14.2 Å². The van der Waals surface area contributed by atoms with Gasteiger partial charge < -0.3 is 14.3 Å². The first kappa shape index (κ1) is 10.7. The number of hydrogen-bond acceptors (Lipinski definition) is 3. The van der Waals surface area contributed by atoms with Gasteiger partial charge in [0, 0.05) is 26.6 Å².